The number of imidazole rings is 1. The van der Waals surface area contributed by atoms with E-state index in [4.69, 9.17) is 0 Å². The predicted octanol–water partition coefficient (Wildman–Crippen LogP) is 3.65. The molecule has 2 aromatic carbocycles. The lowest BCUT2D eigenvalue weighted by atomic mass is 9.92. The van der Waals surface area contributed by atoms with E-state index in [0.717, 1.165) is 42.4 Å². The van der Waals surface area contributed by atoms with Gasteiger partial charge in [-0.2, -0.15) is 5.10 Å². The minimum Gasteiger partial charge on any atom is -0.349 e. The number of aromatic nitrogens is 4. The highest BCUT2D eigenvalue weighted by Crippen LogP contribution is 2.30. The van der Waals surface area contributed by atoms with Crippen LogP contribution in [-0.4, -0.2) is 24.8 Å². The third-order valence-electron chi connectivity index (χ3n) is 6.58. The van der Waals surface area contributed by atoms with Crippen LogP contribution in [0.3, 0.4) is 0 Å². The highest BCUT2D eigenvalue weighted by molar-refractivity contribution is 5.78. The summed E-state index contributed by atoms with van der Waals surface area (Å²) in [6, 6.07) is 18.0. The summed E-state index contributed by atoms with van der Waals surface area (Å²) < 4.78 is 5.52. The van der Waals surface area contributed by atoms with Crippen molar-refractivity contribution in [1.29, 1.82) is 0 Å². The van der Waals surface area contributed by atoms with E-state index in [1.54, 1.807) is 9.13 Å². The summed E-state index contributed by atoms with van der Waals surface area (Å²) in [7, 11) is 0. The van der Waals surface area contributed by atoms with Crippen molar-refractivity contribution in [3.63, 3.8) is 0 Å². The molecule has 1 N–H and O–H groups in total. The lowest BCUT2D eigenvalue weighted by molar-refractivity contribution is -0.122. The zero-order valence-electron chi connectivity index (χ0n) is 18.9. The molecular weight excluding hydrogens is 414 g/mol. The first-order chi connectivity index (χ1) is 16.2. The quantitative estimate of drug-likeness (QED) is 0.474. The van der Waals surface area contributed by atoms with Crippen LogP contribution in [0.15, 0.2) is 65.6 Å². The minimum absolute atomic E-state index is 0.0283. The van der Waals surface area contributed by atoms with Crippen molar-refractivity contribution in [2.24, 2.45) is 0 Å². The average Bonchev–Trinajstić information content (AvgIpc) is 3.37. The van der Waals surface area contributed by atoms with Gasteiger partial charge in [-0.25, -0.2) is 4.79 Å². The first-order valence-corrected chi connectivity index (χ1v) is 11.7. The zero-order valence-corrected chi connectivity index (χ0v) is 18.9. The Morgan fingerprint density at radius 1 is 1.06 bits per heavy atom. The average molecular weight is 444 g/mol. The summed E-state index contributed by atoms with van der Waals surface area (Å²) >= 11 is 0. The van der Waals surface area contributed by atoms with Gasteiger partial charge >= 0.3 is 5.69 Å². The van der Waals surface area contributed by atoms with Gasteiger partial charge < -0.3 is 5.32 Å². The molecule has 7 heteroatoms. The Morgan fingerprint density at radius 3 is 2.55 bits per heavy atom. The van der Waals surface area contributed by atoms with Gasteiger partial charge in [-0.05, 0) is 43.9 Å². The highest BCUT2D eigenvalue weighted by Gasteiger charge is 2.25. The molecule has 1 unspecified atom stereocenters. The van der Waals surface area contributed by atoms with Gasteiger partial charge in [0.25, 0.3) is 0 Å². The Morgan fingerprint density at radius 2 is 1.79 bits per heavy atom. The molecule has 1 aliphatic carbocycles. The van der Waals surface area contributed by atoms with Gasteiger partial charge in [0.05, 0.1) is 29.8 Å². The van der Waals surface area contributed by atoms with E-state index in [1.807, 2.05) is 55.6 Å². The smallest absolute Gasteiger partial charge is 0.329 e. The molecule has 0 aliphatic heterocycles. The molecule has 0 saturated heterocycles. The van der Waals surface area contributed by atoms with Crippen molar-refractivity contribution >= 4 is 16.9 Å². The number of aryl methyl sites for hydroxylation is 2. The van der Waals surface area contributed by atoms with Gasteiger partial charge in [0.15, 0.2) is 0 Å². The van der Waals surface area contributed by atoms with Gasteiger partial charge in [0, 0.05) is 30.8 Å². The molecule has 170 valence electrons. The second-order valence-corrected chi connectivity index (χ2v) is 8.62. The largest absolute Gasteiger partial charge is 0.349 e. The minimum atomic E-state index is -0.0614. The summed E-state index contributed by atoms with van der Waals surface area (Å²) in [5, 5.41) is 7.82. The number of benzene rings is 2. The molecule has 0 saturated carbocycles. The van der Waals surface area contributed by atoms with Crippen molar-refractivity contribution in [1.82, 2.24) is 24.2 Å². The SMILES string of the molecule is CCn1c(=O)n(CCC(=O)NC2CCCc3c2cnn3Cc2ccccc2)c2ccccc21. The number of hydrogen-bond acceptors (Lipinski definition) is 3. The number of hydrogen-bond donors (Lipinski definition) is 1. The standard InChI is InChI=1S/C26H29N5O2/c1-2-29-23-12-6-7-13-24(23)30(26(29)33)16-15-25(32)28-21-11-8-14-22-20(21)17-27-31(22)18-19-9-4-3-5-10-19/h3-7,9-10,12-13,17,21H,2,8,11,14-16,18H2,1H3,(H,28,32). The molecule has 2 heterocycles. The number of amides is 1. The fourth-order valence-corrected chi connectivity index (χ4v) is 4.94. The Labute approximate surface area is 192 Å². The van der Waals surface area contributed by atoms with Gasteiger partial charge in [0.1, 0.15) is 0 Å². The molecular formula is C26H29N5O2. The Balaban J connectivity index is 1.28. The predicted molar refractivity (Wildman–Crippen MR) is 128 cm³/mol. The van der Waals surface area contributed by atoms with Crippen molar-refractivity contribution in [3.05, 3.63) is 88.1 Å². The number of para-hydroxylation sites is 2. The van der Waals surface area contributed by atoms with Crippen LogP contribution < -0.4 is 11.0 Å². The lowest BCUT2D eigenvalue weighted by Crippen LogP contribution is -2.32. The molecule has 33 heavy (non-hydrogen) atoms. The van der Waals surface area contributed by atoms with E-state index in [1.165, 1.54) is 11.3 Å². The molecule has 1 atom stereocenters. The maximum atomic E-state index is 12.9. The number of nitrogens with zero attached hydrogens (tertiary/aromatic N) is 4. The van der Waals surface area contributed by atoms with Crippen LogP contribution in [0.5, 0.6) is 0 Å². The van der Waals surface area contributed by atoms with Crippen LogP contribution in [0.25, 0.3) is 11.0 Å². The molecule has 0 fully saturated rings. The van der Waals surface area contributed by atoms with Crippen molar-refractivity contribution < 1.29 is 4.79 Å². The third kappa shape index (κ3) is 4.11. The summed E-state index contributed by atoms with van der Waals surface area (Å²) in [5.41, 5.74) is 5.26. The van der Waals surface area contributed by atoms with Gasteiger partial charge in [-0.1, -0.05) is 42.5 Å². The van der Waals surface area contributed by atoms with Crippen LogP contribution in [0.4, 0.5) is 0 Å². The van der Waals surface area contributed by atoms with Crippen LogP contribution >= 0.6 is 0 Å². The highest BCUT2D eigenvalue weighted by atomic mass is 16.2. The molecule has 2 aromatic heterocycles. The number of carbonyl (C=O) groups is 1. The molecule has 1 aliphatic rings. The van der Waals surface area contributed by atoms with Crippen LogP contribution in [-0.2, 0) is 30.8 Å². The monoisotopic (exact) mass is 443 g/mol. The van der Waals surface area contributed by atoms with Crippen molar-refractivity contribution in [2.45, 2.75) is 58.3 Å². The third-order valence-corrected chi connectivity index (χ3v) is 6.58. The second-order valence-electron chi connectivity index (χ2n) is 8.62. The van der Waals surface area contributed by atoms with Crippen molar-refractivity contribution in [2.75, 3.05) is 0 Å². The normalized spacial score (nSPS) is 15.5. The number of rotatable bonds is 7. The molecule has 7 nitrogen and oxygen atoms in total. The second kappa shape index (κ2) is 9.10. The summed E-state index contributed by atoms with van der Waals surface area (Å²) in [6.07, 6.45) is 5.07. The van der Waals surface area contributed by atoms with E-state index < -0.39 is 0 Å². The van der Waals surface area contributed by atoms with Gasteiger partial charge in [-0.15, -0.1) is 0 Å². The molecule has 5 rings (SSSR count). The number of carbonyl (C=O) groups excluding carboxylic acids is 1. The molecule has 4 aromatic rings. The van der Waals surface area contributed by atoms with Crippen LogP contribution in [0.1, 0.15) is 49.0 Å². The van der Waals surface area contributed by atoms with E-state index in [0.29, 0.717) is 13.1 Å². The molecule has 0 bridgehead atoms. The van der Waals surface area contributed by atoms with E-state index in [-0.39, 0.29) is 24.1 Å². The summed E-state index contributed by atoms with van der Waals surface area (Å²) in [6.45, 7) is 3.67. The Hall–Kier alpha value is -3.61. The fraction of sp³-hybridized carbons (Fsp3) is 0.346. The van der Waals surface area contributed by atoms with E-state index in [2.05, 4.69) is 27.2 Å². The number of fused-ring (bicyclic) bond motifs is 2. The van der Waals surface area contributed by atoms with Gasteiger partial charge in [-0.3, -0.25) is 18.6 Å². The maximum Gasteiger partial charge on any atom is 0.329 e. The van der Waals surface area contributed by atoms with Crippen LogP contribution in [0.2, 0.25) is 0 Å². The molecule has 1 amide bonds. The van der Waals surface area contributed by atoms with Gasteiger partial charge in [0.2, 0.25) is 5.91 Å². The Kier molecular flexibility index (Phi) is 5.86. The zero-order chi connectivity index (χ0) is 22.8. The van der Waals surface area contributed by atoms with Crippen molar-refractivity contribution in [3.8, 4) is 0 Å². The summed E-state index contributed by atoms with van der Waals surface area (Å²) in [5.74, 6) is -0.0381. The van der Waals surface area contributed by atoms with E-state index in [9.17, 15) is 9.59 Å². The first kappa shape index (κ1) is 21.2. The lowest BCUT2D eigenvalue weighted by Gasteiger charge is -2.24. The van der Waals surface area contributed by atoms with Crippen LogP contribution in [0, 0.1) is 0 Å². The fourth-order valence-electron chi connectivity index (χ4n) is 4.94. The topological polar surface area (TPSA) is 73.8 Å². The number of nitrogens with one attached hydrogen (secondary N) is 1. The maximum absolute atomic E-state index is 12.9. The molecule has 0 spiro atoms. The Bertz CT molecular complexity index is 1330. The molecule has 0 radical (unpaired) electrons. The van der Waals surface area contributed by atoms with E-state index >= 15 is 0 Å². The first-order valence-electron chi connectivity index (χ1n) is 11.7. The summed E-state index contributed by atoms with van der Waals surface area (Å²) in [4.78, 5) is 25.7.